The Morgan fingerprint density at radius 3 is 1.62 bits per heavy atom. The molecule has 0 saturated carbocycles. The van der Waals surface area contributed by atoms with E-state index in [1.807, 2.05) is 60.7 Å². The van der Waals surface area contributed by atoms with E-state index in [2.05, 4.69) is 5.32 Å². The number of hydrogen-bond acceptors (Lipinski definition) is 5. The number of ether oxygens (including phenoxy) is 1. The van der Waals surface area contributed by atoms with Crippen molar-refractivity contribution in [2.24, 2.45) is 0 Å². The van der Waals surface area contributed by atoms with Crippen LogP contribution in [0.2, 0.25) is 0 Å². The lowest BCUT2D eigenvalue weighted by atomic mass is 10.0. The standard InChI is InChI=1S/C30H24N2O8/c33-27(34)23-15-25(29(37)38)26(16-24(23)28(35)36)31-30(39)32(17-19-7-3-1-4-8-19)18-20-11-13-22(14-12-20)40-21-9-5-2-6-10-21/h1-16H,17-18H2,(H,31,39)(H,33,34)(H,35,36)(H,37,38). The van der Waals surface area contributed by atoms with Crippen molar-refractivity contribution in [2.75, 3.05) is 5.32 Å². The topological polar surface area (TPSA) is 153 Å². The van der Waals surface area contributed by atoms with Gasteiger partial charge in [-0.25, -0.2) is 19.2 Å². The molecule has 4 aromatic carbocycles. The summed E-state index contributed by atoms with van der Waals surface area (Å²) in [5.74, 6) is -3.45. The van der Waals surface area contributed by atoms with Crippen LogP contribution in [-0.4, -0.2) is 44.2 Å². The van der Waals surface area contributed by atoms with Crippen molar-refractivity contribution < 1.29 is 39.2 Å². The highest BCUT2D eigenvalue weighted by atomic mass is 16.5. The van der Waals surface area contributed by atoms with Crippen molar-refractivity contribution in [3.8, 4) is 11.5 Å². The van der Waals surface area contributed by atoms with Crippen LogP contribution in [-0.2, 0) is 13.1 Å². The fourth-order valence-electron chi connectivity index (χ4n) is 3.94. The van der Waals surface area contributed by atoms with Crippen LogP contribution in [0, 0.1) is 0 Å². The second kappa shape index (κ2) is 12.3. The zero-order valence-electron chi connectivity index (χ0n) is 21.0. The van der Waals surface area contributed by atoms with Gasteiger partial charge in [0.25, 0.3) is 0 Å². The molecular formula is C30H24N2O8. The molecule has 0 heterocycles. The average Bonchev–Trinajstić information content (AvgIpc) is 2.94. The van der Waals surface area contributed by atoms with Crippen LogP contribution in [0.4, 0.5) is 10.5 Å². The molecule has 4 rings (SSSR count). The number of urea groups is 1. The first-order chi connectivity index (χ1) is 19.2. The molecule has 0 atom stereocenters. The number of carbonyl (C=O) groups excluding carboxylic acids is 1. The highest BCUT2D eigenvalue weighted by Gasteiger charge is 2.25. The van der Waals surface area contributed by atoms with Crippen molar-refractivity contribution in [1.82, 2.24) is 4.90 Å². The van der Waals surface area contributed by atoms with E-state index >= 15 is 0 Å². The van der Waals surface area contributed by atoms with Crippen molar-refractivity contribution in [3.63, 3.8) is 0 Å². The third-order valence-electron chi connectivity index (χ3n) is 5.87. The van der Waals surface area contributed by atoms with E-state index in [1.165, 1.54) is 4.90 Å². The van der Waals surface area contributed by atoms with Crippen molar-refractivity contribution in [2.45, 2.75) is 13.1 Å². The molecule has 10 nitrogen and oxygen atoms in total. The maximum absolute atomic E-state index is 13.4. The molecule has 0 fully saturated rings. The number of carboxylic acids is 3. The van der Waals surface area contributed by atoms with Gasteiger partial charge in [-0.3, -0.25) is 0 Å². The van der Waals surface area contributed by atoms with Gasteiger partial charge in [0.1, 0.15) is 11.5 Å². The van der Waals surface area contributed by atoms with Crippen molar-refractivity contribution in [3.05, 3.63) is 125 Å². The molecule has 2 amide bonds. The van der Waals surface area contributed by atoms with E-state index < -0.39 is 40.6 Å². The molecule has 4 N–H and O–H groups in total. The lowest BCUT2D eigenvalue weighted by molar-refractivity contribution is 0.0649. The molecule has 40 heavy (non-hydrogen) atoms. The maximum Gasteiger partial charge on any atom is 0.337 e. The van der Waals surface area contributed by atoms with Gasteiger partial charge in [0, 0.05) is 13.1 Å². The van der Waals surface area contributed by atoms with Gasteiger partial charge in [-0.1, -0.05) is 60.7 Å². The van der Waals surface area contributed by atoms with E-state index in [4.69, 9.17) is 4.74 Å². The molecule has 0 saturated heterocycles. The van der Waals surface area contributed by atoms with Crippen LogP contribution in [0.5, 0.6) is 11.5 Å². The van der Waals surface area contributed by atoms with Crippen LogP contribution in [0.3, 0.4) is 0 Å². The maximum atomic E-state index is 13.4. The highest BCUT2D eigenvalue weighted by Crippen LogP contribution is 2.25. The summed E-state index contributed by atoms with van der Waals surface area (Å²) in [5, 5.41) is 30.9. The van der Waals surface area contributed by atoms with Crippen LogP contribution in [0.1, 0.15) is 42.2 Å². The number of nitrogens with zero attached hydrogens (tertiary/aromatic N) is 1. The Morgan fingerprint density at radius 2 is 1.07 bits per heavy atom. The van der Waals surface area contributed by atoms with Gasteiger partial charge in [0.15, 0.2) is 0 Å². The molecule has 0 spiro atoms. The van der Waals surface area contributed by atoms with Gasteiger partial charge in [-0.15, -0.1) is 0 Å². The summed E-state index contributed by atoms with van der Waals surface area (Å²) in [6.07, 6.45) is 0. The number of benzene rings is 4. The number of hydrogen-bond donors (Lipinski definition) is 4. The molecule has 0 aliphatic rings. The van der Waals surface area contributed by atoms with E-state index in [0.717, 1.165) is 23.3 Å². The first-order valence-corrected chi connectivity index (χ1v) is 12.0. The Morgan fingerprint density at radius 1 is 0.600 bits per heavy atom. The second-order valence-corrected chi connectivity index (χ2v) is 8.69. The highest BCUT2D eigenvalue weighted by molar-refractivity contribution is 6.08. The largest absolute Gasteiger partial charge is 0.478 e. The van der Waals surface area contributed by atoms with Gasteiger partial charge in [-0.2, -0.15) is 0 Å². The summed E-state index contributed by atoms with van der Waals surface area (Å²) in [4.78, 5) is 49.9. The summed E-state index contributed by atoms with van der Waals surface area (Å²) in [6.45, 7) is 0.268. The lowest BCUT2D eigenvalue weighted by Gasteiger charge is -2.24. The van der Waals surface area contributed by atoms with Gasteiger partial charge >= 0.3 is 23.9 Å². The molecule has 0 aliphatic carbocycles. The molecule has 0 aliphatic heterocycles. The van der Waals surface area contributed by atoms with Gasteiger partial charge in [-0.05, 0) is 47.5 Å². The fourth-order valence-corrected chi connectivity index (χ4v) is 3.94. The first kappa shape index (κ1) is 27.4. The number of para-hydroxylation sites is 1. The molecule has 0 aromatic heterocycles. The Hall–Kier alpha value is -5.64. The van der Waals surface area contributed by atoms with Crippen molar-refractivity contribution >= 4 is 29.6 Å². The molecule has 0 radical (unpaired) electrons. The summed E-state index contributed by atoms with van der Waals surface area (Å²) in [5.41, 5.74) is -0.717. The van der Waals surface area contributed by atoms with Crippen LogP contribution in [0.25, 0.3) is 0 Å². The zero-order valence-corrected chi connectivity index (χ0v) is 21.0. The Bertz CT molecular complexity index is 1540. The van der Waals surface area contributed by atoms with E-state index in [0.29, 0.717) is 11.5 Å². The summed E-state index contributed by atoms with van der Waals surface area (Å²) in [7, 11) is 0. The predicted octanol–water partition coefficient (Wildman–Crippen LogP) is 5.81. The number of rotatable bonds is 10. The van der Waals surface area contributed by atoms with Crippen LogP contribution < -0.4 is 10.1 Å². The van der Waals surface area contributed by atoms with Gasteiger partial charge in [0.2, 0.25) is 0 Å². The van der Waals surface area contributed by atoms with Crippen LogP contribution >= 0.6 is 0 Å². The number of anilines is 1. The Balaban J connectivity index is 1.61. The molecule has 10 heteroatoms. The second-order valence-electron chi connectivity index (χ2n) is 8.69. The summed E-state index contributed by atoms with van der Waals surface area (Å²) in [6, 6.07) is 26.3. The quantitative estimate of drug-likeness (QED) is 0.197. The molecule has 0 bridgehead atoms. The van der Waals surface area contributed by atoms with E-state index in [-0.39, 0.29) is 18.8 Å². The Labute approximate surface area is 228 Å². The predicted molar refractivity (Wildman–Crippen MR) is 145 cm³/mol. The normalized spacial score (nSPS) is 10.4. The van der Waals surface area contributed by atoms with Crippen molar-refractivity contribution in [1.29, 1.82) is 0 Å². The lowest BCUT2D eigenvalue weighted by Crippen LogP contribution is -2.34. The molecule has 202 valence electrons. The minimum atomic E-state index is -1.61. The summed E-state index contributed by atoms with van der Waals surface area (Å²) >= 11 is 0. The SMILES string of the molecule is O=C(O)c1cc(C(=O)O)c(C(=O)O)cc1NC(=O)N(Cc1ccccc1)Cc1ccc(Oc2ccccc2)cc1. The third-order valence-corrected chi connectivity index (χ3v) is 5.87. The third kappa shape index (κ3) is 6.81. The van der Waals surface area contributed by atoms with Crippen LogP contribution in [0.15, 0.2) is 97.1 Å². The number of aromatic carboxylic acids is 3. The first-order valence-electron chi connectivity index (χ1n) is 12.0. The monoisotopic (exact) mass is 540 g/mol. The van der Waals surface area contributed by atoms with E-state index in [9.17, 15) is 34.5 Å². The fraction of sp³-hybridized carbons (Fsp3) is 0.0667. The molecule has 4 aromatic rings. The summed E-state index contributed by atoms with van der Waals surface area (Å²) < 4.78 is 5.81. The van der Waals surface area contributed by atoms with Gasteiger partial charge in [0.05, 0.1) is 22.4 Å². The smallest absolute Gasteiger partial charge is 0.337 e. The zero-order chi connectivity index (χ0) is 28.6. The number of nitrogens with one attached hydrogen (secondary N) is 1. The van der Waals surface area contributed by atoms with E-state index in [1.54, 1.807) is 24.3 Å². The number of carboxylic acid groups (broad SMARTS) is 3. The molecule has 0 unspecified atom stereocenters. The number of amides is 2. The Kier molecular flexibility index (Phi) is 8.40. The average molecular weight is 541 g/mol. The minimum absolute atomic E-state index is 0.119. The molecular weight excluding hydrogens is 516 g/mol. The van der Waals surface area contributed by atoms with Gasteiger partial charge < -0.3 is 30.3 Å². The minimum Gasteiger partial charge on any atom is -0.478 e. The number of carbonyl (C=O) groups is 4.